The van der Waals surface area contributed by atoms with E-state index in [0.717, 1.165) is 13.0 Å². The van der Waals surface area contributed by atoms with Gasteiger partial charge in [0.2, 0.25) is 11.8 Å². The van der Waals surface area contributed by atoms with Crippen LogP contribution in [0.1, 0.15) is 40.5 Å². The Bertz CT molecular complexity index is 281. The maximum Gasteiger partial charge on any atom is 0.225 e. The lowest BCUT2D eigenvalue weighted by Gasteiger charge is -2.25. The number of nitrogens with one attached hydrogen (secondary N) is 1. The lowest BCUT2D eigenvalue weighted by atomic mass is 9.95. The van der Waals surface area contributed by atoms with E-state index in [-0.39, 0.29) is 23.3 Å². The van der Waals surface area contributed by atoms with Gasteiger partial charge in [-0.05, 0) is 13.3 Å². The van der Waals surface area contributed by atoms with E-state index < -0.39 is 0 Å². The first-order chi connectivity index (χ1) is 7.30. The van der Waals surface area contributed by atoms with E-state index in [1.807, 2.05) is 32.6 Å². The highest BCUT2D eigenvalue weighted by Gasteiger charge is 2.25. The topological polar surface area (TPSA) is 49.4 Å². The summed E-state index contributed by atoms with van der Waals surface area (Å²) in [6.07, 6.45) is 1.60. The normalized spacial score (nSPS) is 18.8. The second-order valence-electron chi connectivity index (χ2n) is 5.57. The van der Waals surface area contributed by atoms with Crippen LogP contribution in [0.25, 0.3) is 0 Å². The quantitative estimate of drug-likeness (QED) is 0.785. The maximum atomic E-state index is 11.7. The van der Waals surface area contributed by atoms with Crippen LogP contribution in [-0.4, -0.2) is 35.8 Å². The van der Waals surface area contributed by atoms with Crippen molar-refractivity contribution in [3.63, 3.8) is 0 Å². The third-order valence-electron chi connectivity index (χ3n) is 2.72. The van der Waals surface area contributed by atoms with Crippen molar-refractivity contribution >= 4 is 11.8 Å². The van der Waals surface area contributed by atoms with Gasteiger partial charge in [-0.3, -0.25) is 9.59 Å². The van der Waals surface area contributed by atoms with E-state index in [2.05, 4.69) is 5.32 Å². The number of amides is 2. The van der Waals surface area contributed by atoms with Crippen molar-refractivity contribution < 1.29 is 9.59 Å². The molecule has 1 fully saturated rings. The molecule has 0 aromatic carbocycles. The van der Waals surface area contributed by atoms with Gasteiger partial charge in [0.15, 0.2) is 0 Å². The summed E-state index contributed by atoms with van der Waals surface area (Å²) >= 11 is 0. The van der Waals surface area contributed by atoms with Crippen LogP contribution in [-0.2, 0) is 9.59 Å². The number of hydrogen-bond acceptors (Lipinski definition) is 2. The van der Waals surface area contributed by atoms with Gasteiger partial charge >= 0.3 is 0 Å². The lowest BCUT2D eigenvalue weighted by molar-refractivity contribution is -0.131. The van der Waals surface area contributed by atoms with Crippen LogP contribution in [0.5, 0.6) is 0 Å². The average Bonchev–Trinajstić information content (AvgIpc) is 2.50. The average molecular weight is 226 g/mol. The van der Waals surface area contributed by atoms with Gasteiger partial charge in [-0.15, -0.1) is 0 Å². The smallest absolute Gasteiger partial charge is 0.225 e. The number of nitrogens with zero attached hydrogens (tertiary/aromatic N) is 1. The minimum atomic E-state index is -0.372. The molecule has 92 valence electrons. The standard InChI is InChI=1S/C12H22N2O2/c1-9(13-11(16)12(2,3)4)8-14-7-5-6-10(14)15/h9H,5-8H2,1-4H3,(H,13,16). The minimum absolute atomic E-state index is 0.0220. The van der Waals surface area contributed by atoms with E-state index in [1.165, 1.54) is 0 Å². The highest BCUT2D eigenvalue weighted by molar-refractivity contribution is 5.82. The molecule has 1 N–H and O–H groups in total. The molecule has 2 amide bonds. The SMILES string of the molecule is CC(CN1CCCC1=O)NC(=O)C(C)(C)C. The summed E-state index contributed by atoms with van der Waals surface area (Å²) < 4.78 is 0. The highest BCUT2D eigenvalue weighted by Crippen LogP contribution is 2.14. The Hall–Kier alpha value is -1.06. The largest absolute Gasteiger partial charge is 0.351 e. The van der Waals surface area contributed by atoms with Gasteiger partial charge in [-0.2, -0.15) is 0 Å². The predicted molar refractivity (Wildman–Crippen MR) is 62.9 cm³/mol. The van der Waals surface area contributed by atoms with Crippen LogP contribution in [0.4, 0.5) is 0 Å². The molecule has 0 aromatic heterocycles. The van der Waals surface area contributed by atoms with Crippen LogP contribution in [0.15, 0.2) is 0 Å². The zero-order chi connectivity index (χ0) is 12.3. The van der Waals surface area contributed by atoms with Crippen molar-refractivity contribution in [1.29, 1.82) is 0 Å². The number of hydrogen-bond donors (Lipinski definition) is 1. The first-order valence-corrected chi connectivity index (χ1v) is 5.89. The molecular formula is C12H22N2O2. The molecule has 0 spiro atoms. The Kier molecular flexibility index (Phi) is 3.94. The molecule has 1 aliphatic rings. The second-order valence-corrected chi connectivity index (χ2v) is 5.57. The molecule has 1 saturated heterocycles. The fourth-order valence-electron chi connectivity index (χ4n) is 1.71. The van der Waals surface area contributed by atoms with Gasteiger partial charge in [0, 0.05) is 31.0 Å². The fraction of sp³-hybridized carbons (Fsp3) is 0.833. The van der Waals surface area contributed by atoms with E-state index in [1.54, 1.807) is 0 Å². The molecule has 1 unspecified atom stereocenters. The fourth-order valence-corrected chi connectivity index (χ4v) is 1.71. The van der Waals surface area contributed by atoms with Crippen molar-refractivity contribution in [1.82, 2.24) is 10.2 Å². The zero-order valence-electron chi connectivity index (χ0n) is 10.7. The molecule has 1 aliphatic heterocycles. The molecule has 16 heavy (non-hydrogen) atoms. The van der Waals surface area contributed by atoms with Crippen LogP contribution in [0, 0.1) is 5.41 Å². The first kappa shape index (κ1) is 13.0. The molecule has 0 radical (unpaired) electrons. The van der Waals surface area contributed by atoms with Gasteiger partial charge in [-0.1, -0.05) is 20.8 Å². The maximum absolute atomic E-state index is 11.7. The summed E-state index contributed by atoms with van der Waals surface area (Å²) in [6, 6.07) is 0.0220. The summed E-state index contributed by atoms with van der Waals surface area (Å²) in [5.41, 5.74) is -0.372. The van der Waals surface area contributed by atoms with Crippen LogP contribution in [0.3, 0.4) is 0 Å². The Labute approximate surface area is 97.4 Å². The van der Waals surface area contributed by atoms with Crippen molar-refractivity contribution in [3.8, 4) is 0 Å². The molecule has 0 aromatic rings. The summed E-state index contributed by atoms with van der Waals surface area (Å²) in [7, 11) is 0. The van der Waals surface area contributed by atoms with E-state index in [0.29, 0.717) is 13.0 Å². The Morgan fingerprint density at radius 2 is 2.12 bits per heavy atom. The van der Waals surface area contributed by atoms with Crippen molar-refractivity contribution in [3.05, 3.63) is 0 Å². The molecule has 0 saturated carbocycles. The number of rotatable bonds is 3. The minimum Gasteiger partial charge on any atom is -0.351 e. The van der Waals surface area contributed by atoms with E-state index >= 15 is 0 Å². The highest BCUT2D eigenvalue weighted by atomic mass is 16.2. The summed E-state index contributed by atoms with van der Waals surface area (Å²) in [5.74, 6) is 0.239. The first-order valence-electron chi connectivity index (χ1n) is 5.89. The third kappa shape index (κ3) is 3.51. The number of carbonyl (C=O) groups is 2. The molecule has 1 rings (SSSR count). The molecule has 4 nitrogen and oxygen atoms in total. The van der Waals surface area contributed by atoms with Crippen LogP contribution in [0.2, 0.25) is 0 Å². The molecule has 1 atom stereocenters. The Morgan fingerprint density at radius 1 is 1.50 bits per heavy atom. The molecule has 1 heterocycles. The summed E-state index contributed by atoms with van der Waals surface area (Å²) in [5, 5.41) is 2.93. The van der Waals surface area contributed by atoms with Gasteiger partial charge in [0.1, 0.15) is 0 Å². The van der Waals surface area contributed by atoms with Gasteiger partial charge in [-0.25, -0.2) is 0 Å². The van der Waals surface area contributed by atoms with Crippen molar-refractivity contribution in [2.45, 2.75) is 46.6 Å². The van der Waals surface area contributed by atoms with Gasteiger partial charge < -0.3 is 10.2 Å². The number of carbonyl (C=O) groups excluding carboxylic acids is 2. The third-order valence-corrected chi connectivity index (χ3v) is 2.72. The number of likely N-dealkylation sites (tertiary alicyclic amines) is 1. The molecular weight excluding hydrogens is 204 g/mol. The summed E-state index contributed by atoms with van der Waals surface area (Å²) in [6.45, 7) is 9.05. The second kappa shape index (κ2) is 4.85. The van der Waals surface area contributed by atoms with E-state index in [4.69, 9.17) is 0 Å². The Morgan fingerprint density at radius 3 is 2.56 bits per heavy atom. The Balaban J connectivity index is 2.39. The van der Waals surface area contributed by atoms with Crippen molar-refractivity contribution in [2.24, 2.45) is 5.41 Å². The predicted octanol–water partition coefficient (Wildman–Crippen LogP) is 1.16. The van der Waals surface area contributed by atoms with E-state index in [9.17, 15) is 9.59 Å². The molecule has 4 heteroatoms. The van der Waals surface area contributed by atoms with Crippen LogP contribution < -0.4 is 5.32 Å². The lowest BCUT2D eigenvalue weighted by Crippen LogP contribution is -2.46. The van der Waals surface area contributed by atoms with Crippen LogP contribution >= 0.6 is 0 Å². The monoisotopic (exact) mass is 226 g/mol. The van der Waals surface area contributed by atoms with Crippen molar-refractivity contribution in [2.75, 3.05) is 13.1 Å². The summed E-state index contributed by atoms with van der Waals surface area (Å²) in [4.78, 5) is 24.9. The van der Waals surface area contributed by atoms with Gasteiger partial charge in [0.05, 0.1) is 0 Å². The molecule has 0 bridgehead atoms. The van der Waals surface area contributed by atoms with Gasteiger partial charge in [0.25, 0.3) is 0 Å². The molecule has 0 aliphatic carbocycles. The zero-order valence-corrected chi connectivity index (χ0v) is 10.7.